The number of hydrogen-bond acceptors (Lipinski definition) is 6. The van der Waals surface area contributed by atoms with Gasteiger partial charge in [0.05, 0.1) is 5.39 Å². The van der Waals surface area contributed by atoms with Gasteiger partial charge in [-0.05, 0) is 36.8 Å². The predicted octanol–water partition coefficient (Wildman–Crippen LogP) is 4.64. The quantitative estimate of drug-likeness (QED) is 0.695. The van der Waals surface area contributed by atoms with Crippen molar-refractivity contribution in [2.24, 2.45) is 0 Å². The van der Waals surface area contributed by atoms with E-state index >= 15 is 0 Å². The van der Waals surface area contributed by atoms with Crippen LogP contribution in [0, 0.1) is 0 Å². The van der Waals surface area contributed by atoms with E-state index in [2.05, 4.69) is 15.3 Å². The molecule has 0 atom stereocenters. The zero-order valence-corrected chi connectivity index (χ0v) is 13.4. The number of fused-ring (bicyclic) bond motifs is 1. The number of nitrogens with one attached hydrogen (secondary N) is 1. The maximum absolute atomic E-state index is 6.05. The maximum Gasteiger partial charge on any atom is 0.232 e. The van der Waals surface area contributed by atoms with Crippen molar-refractivity contribution in [1.82, 2.24) is 9.97 Å². The minimum atomic E-state index is 0.596. The average Bonchev–Trinajstić information content (AvgIpc) is 2.97. The Morgan fingerprint density at radius 2 is 2.10 bits per heavy atom. The normalized spacial score (nSPS) is 10.8. The molecule has 0 aliphatic heterocycles. The molecular formula is C15H15N3OS2. The van der Waals surface area contributed by atoms with Gasteiger partial charge in [0.1, 0.15) is 10.6 Å². The highest BCUT2D eigenvalue weighted by atomic mass is 32.2. The Hall–Kier alpha value is -1.79. The van der Waals surface area contributed by atoms with Crippen molar-refractivity contribution in [3.63, 3.8) is 0 Å². The van der Waals surface area contributed by atoms with Gasteiger partial charge in [-0.25, -0.2) is 4.98 Å². The molecule has 3 aromatic rings. The molecule has 6 heteroatoms. The van der Waals surface area contributed by atoms with Crippen molar-refractivity contribution in [1.29, 1.82) is 0 Å². The number of thioether (sulfide) groups is 1. The molecule has 0 bridgehead atoms. The number of anilines is 1. The van der Waals surface area contributed by atoms with Crippen LogP contribution in [0.15, 0.2) is 40.6 Å². The minimum absolute atomic E-state index is 0.596. The van der Waals surface area contributed by atoms with E-state index in [1.807, 2.05) is 48.9 Å². The smallest absolute Gasteiger partial charge is 0.232 e. The zero-order chi connectivity index (χ0) is 14.7. The van der Waals surface area contributed by atoms with E-state index in [1.54, 1.807) is 23.1 Å². The highest BCUT2D eigenvalue weighted by Crippen LogP contribution is 2.35. The van der Waals surface area contributed by atoms with Crippen LogP contribution >= 0.6 is 23.1 Å². The first-order chi connectivity index (χ1) is 10.3. The standard InChI is InChI=1S/C15H15N3OS2/c1-3-16-15-17-13(10-8-9-21-14(10)18-15)19-11-6-4-5-7-12(11)20-2/h4-9H,3H2,1-2H3,(H,16,17,18). The molecule has 108 valence electrons. The second-order valence-electron chi connectivity index (χ2n) is 4.28. The third-order valence-electron chi connectivity index (χ3n) is 2.90. The lowest BCUT2D eigenvalue weighted by Gasteiger charge is -2.10. The molecular weight excluding hydrogens is 302 g/mol. The third kappa shape index (κ3) is 2.96. The number of benzene rings is 1. The Morgan fingerprint density at radius 1 is 1.24 bits per heavy atom. The summed E-state index contributed by atoms with van der Waals surface area (Å²) in [5.74, 6) is 2.02. The number of ether oxygens (including phenoxy) is 1. The lowest BCUT2D eigenvalue weighted by molar-refractivity contribution is 0.458. The van der Waals surface area contributed by atoms with E-state index < -0.39 is 0 Å². The van der Waals surface area contributed by atoms with E-state index in [9.17, 15) is 0 Å². The van der Waals surface area contributed by atoms with E-state index in [0.717, 1.165) is 27.4 Å². The summed E-state index contributed by atoms with van der Waals surface area (Å²) >= 11 is 3.24. The predicted molar refractivity (Wildman–Crippen MR) is 89.9 cm³/mol. The Balaban J connectivity index is 2.04. The molecule has 0 radical (unpaired) electrons. The van der Waals surface area contributed by atoms with Crippen molar-refractivity contribution in [3.8, 4) is 11.6 Å². The van der Waals surface area contributed by atoms with Gasteiger partial charge in [-0.2, -0.15) is 4.98 Å². The summed E-state index contributed by atoms with van der Waals surface area (Å²) in [4.78, 5) is 11.0. The molecule has 3 rings (SSSR count). The van der Waals surface area contributed by atoms with Gasteiger partial charge in [0.25, 0.3) is 0 Å². The van der Waals surface area contributed by atoms with Gasteiger partial charge >= 0.3 is 0 Å². The van der Waals surface area contributed by atoms with Crippen molar-refractivity contribution in [3.05, 3.63) is 35.7 Å². The first kappa shape index (κ1) is 14.2. The Kier molecular flexibility index (Phi) is 4.26. The second kappa shape index (κ2) is 6.32. The first-order valence-corrected chi connectivity index (χ1v) is 8.72. The Bertz CT molecular complexity index is 758. The number of hydrogen-bond donors (Lipinski definition) is 1. The molecule has 21 heavy (non-hydrogen) atoms. The number of para-hydroxylation sites is 1. The number of thiophene rings is 1. The maximum atomic E-state index is 6.05. The SMILES string of the molecule is CCNc1nc(Oc2ccccc2SC)c2ccsc2n1. The van der Waals surface area contributed by atoms with Gasteiger partial charge in [-0.15, -0.1) is 23.1 Å². The fourth-order valence-corrected chi connectivity index (χ4v) is 3.23. The number of rotatable bonds is 5. The first-order valence-electron chi connectivity index (χ1n) is 6.61. The molecule has 0 aliphatic carbocycles. The topological polar surface area (TPSA) is 47.0 Å². The average molecular weight is 317 g/mol. The van der Waals surface area contributed by atoms with Crippen LogP contribution in [0.3, 0.4) is 0 Å². The molecule has 0 amide bonds. The van der Waals surface area contributed by atoms with E-state index in [4.69, 9.17) is 4.74 Å². The van der Waals surface area contributed by atoms with Crippen LogP contribution in [0.2, 0.25) is 0 Å². The van der Waals surface area contributed by atoms with Gasteiger partial charge in [0.15, 0.2) is 0 Å². The molecule has 0 saturated heterocycles. The summed E-state index contributed by atoms with van der Waals surface area (Å²) in [6, 6.07) is 9.96. The second-order valence-corrected chi connectivity index (χ2v) is 6.02. The summed E-state index contributed by atoms with van der Waals surface area (Å²) < 4.78 is 6.05. The fraction of sp³-hybridized carbons (Fsp3) is 0.200. The van der Waals surface area contributed by atoms with Crippen LogP contribution in [0.25, 0.3) is 10.2 Å². The monoisotopic (exact) mass is 317 g/mol. The fourth-order valence-electron chi connectivity index (χ4n) is 1.95. The lowest BCUT2D eigenvalue weighted by Crippen LogP contribution is -2.03. The van der Waals surface area contributed by atoms with Crippen molar-refractivity contribution < 1.29 is 4.74 Å². The van der Waals surface area contributed by atoms with Crippen LogP contribution in [0.1, 0.15) is 6.92 Å². The molecule has 2 aromatic heterocycles. The molecule has 1 aromatic carbocycles. The zero-order valence-electron chi connectivity index (χ0n) is 11.8. The summed E-state index contributed by atoms with van der Waals surface area (Å²) in [6.45, 7) is 2.79. The van der Waals surface area contributed by atoms with Crippen LogP contribution < -0.4 is 10.1 Å². The number of nitrogens with zero attached hydrogens (tertiary/aromatic N) is 2. The summed E-state index contributed by atoms with van der Waals surface area (Å²) in [5, 5.41) is 6.09. The van der Waals surface area contributed by atoms with E-state index in [0.29, 0.717) is 11.8 Å². The van der Waals surface area contributed by atoms with Crippen LogP contribution in [0.5, 0.6) is 11.6 Å². The largest absolute Gasteiger partial charge is 0.437 e. The minimum Gasteiger partial charge on any atom is -0.437 e. The van der Waals surface area contributed by atoms with Gasteiger partial charge in [-0.3, -0.25) is 0 Å². The molecule has 2 heterocycles. The number of aromatic nitrogens is 2. The third-order valence-corrected chi connectivity index (χ3v) is 4.48. The van der Waals surface area contributed by atoms with Crippen molar-refractivity contribution >= 4 is 39.3 Å². The molecule has 0 aliphatic rings. The highest BCUT2D eigenvalue weighted by molar-refractivity contribution is 7.98. The van der Waals surface area contributed by atoms with Crippen LogP contribution in [0.4, 0.5) is 5.95 Å². The molecule has 0 fully saturated rings. The lowest BCUT2D eigenvalue weighted by atomic mass is 10.3. The van der Waals surface area contributed by atoms with Crippen molar-refractivity contribution in [2.45, 2.75) is 11.8 Å². The Morgan fingerprint density at radius 3 is 2.90 bits per heavy atom. The summed E-state index contributed by atoms with van der Waals surface area (Å²) in [6.07, 6.45) is 2.03. The molecule has 4 nitrogen and oxygen atoms in total. The summed E-state index contributed by atoms with van der Waals surface area (Å²) in [7, 11) is 0. The molecule has 0 spiro atoms. The molecule has 0 unspecified atom stereocenters. The van der Waals surface area contributed by atoms with E-state index in [1.165, 1.54) is 0 Å². The highest BCUT2D eigenvalue weighted by Gasteiger charge is 2.12. The molecule has 0 saturated carbocycles. The van der Waals surface area contributed by atoms with E-state index in [-0.39, 0.29) is 0 Å². The summed E-state index contributed by atoms with van der Waals surface area (Å²) in [5.41, 5.74) is 0. The van der Waals surface area contributed by atoms with Gasteiger partial charge < -0.3 is 10.1 Å². The Labute approximate surface area is 131 Å². The van der Waals surface area contributed by atoms with Gasteiger partial charge in [0.2, 0.25) is 11.8 Å². The van der Waals surface area contributed by atoms with Gasteiger partial charge in [-0.1, -0.05) is 12.1 Å². The van der Waals surface area contributed by atoms with Crippen molar-refractivity contribution in [2.75, 3.05) is 18.1 Å². The van der Waals surface area contributed by atoms with Gasteiger partial charge in [0, 0.05) is 11.4 Å². The van der Waals surface area contributed by atoms with Crippen LogP contribution in [-0.2, 0) is 0 Å². The molecule has 1 N–H and O–H groups in total. The van der Waals surface area contributed by atoms with Crippen LogP contribution in [-0.4, -0.2) is 22.8 Å².